The van der Waals surface area contributed by atoms with Gasteiger partial charge < -0.3 is 14.8 Å². The summed E-state index contributed by atoms with van der Waals surface area (Å²) < 4.78 is 13.4. The van der Waals surface area contributed by atoms with Gasteiger partial charge in [0.15, 0.2) is 0 Å². The minimum absolute atomic E-state index is 0.116. The van der Waals surface area contributed by atoms with Gasteiger partial charge in [0.1, 0.15) is 6.10 Å². The number of hydrogen-bond donors (Lipinski definition) is 1. The highest BCUT2D eigenvalue weighted by molar-refractivity contribution is 5.11. The van der Waals surface area contributed by atoms with Crippen molar-refractivity contribution in [1.82, 2.24) is 15.1 Å². The summed E-state index contributed by atoms with van der Waals surface area (Å²) in [5.74, 6) is 0. The maximum Gasteiger partial charge on any atom is 0.114 e. The Kier molecular flexibility index (Phi) is 3.86. The number of hydrogen-bond acceptors (Lipinski definition) is 4. The molecule has 0 aromatic carbocycles. The largest absolute Gasteiger partial charge is 0.380 e. The van der Waals surface area contributed by atoms with E-state index in [1.807, 2.05) is 6.20 Å². The number of nitrogens with one attached hydrogen (secondary N) is 1. The van der Waals surface area contributed by atoms with Crippen LogP contribution in [-0.4, -0.2) is 41.7 Å². The zero-order valence-electron chi connectivity index (χ0n) is 11.7. The van der Waals surface area contributed by atoms with Crippen LogP contribution in [0.3, 0.4) is 0 Å². The van der Waals surface area contributed by atoms with Crippen molar-refractivity contribution in [2.24, 2.45) is 0 Å². The van der Waals surface area contributed by atoms with Crippen LogP contribution in [0.1, 0.15) is 44.5 Å². The quantitative estimate of drug-likeness (QED) is 0.899. The zero-order chi connectivity index (χ0) is 13.2. The van der Waals surface area contributed by atoms with Gasteiger partial charge in [0.2, 0.25) is 0 Å². The number of rotatable bonds is 4. The smallest absolute Gasteiger partial charge is 0.114 e. The first-order chi connectivity index (χ1) is 9.25. The van der Waals surface area contributed by atoms with Gasteiger partial charge in [-0.3, -0.25) is 4.68 Å². The summed E-state index contributed by atoms with van der Waals surface area (Å²) >= 11 is 0. The van der Waals surface area contributed by atoms with Gasteiger partial charge in [0, 0.05) is 37.5 Å². The van der Waals surface area contributed by atoms with Gasteiger partial charge in [0.05, 0.1) is 12.3 Å². The molecule has 106 valence electrons. The van der Waals surface area contributed by atoms with Gasteiger partial charge in [0.25, 0.3) is 0 Å². The van der Waals surface area contributed by atoms with E-state index in [9.17, 15) is 0 Å². The molecule has 3 rings (SSSR count). The lowest BCUT2D eigenvalue weighted by Crippen LogP contribution is -2.40. The first-order valence-corrected chi connectivity index (χ1v) is 7.24. The maximum atomic E-state index is 5.95. The van der Waals surface area contributed by atoms with Crippen LogP contribution in [0.15, 0.2) is 12.3 Å². The standard InChI is InChI=1S/C14H23N3O2/c1-10(2)17-13(3-6-15-17)14-12(5-8-19-14)16-11-4-7-18-9-11/h3,6,10-12,14,16H,4-5,7-9H2,1-2H3/t11?,12-,14-/m0/s1. The van der Waals surface area contributed by atoms with E-state index >= 15 is 0 Å². The SMILES string of the molecule is CC(C)n1nccc1[C@H]1OCC[C@@H]1NC1CCOC1. The summed E-state index contributed by atoms with van der Waals surface area (Å²) in [6, 6.07) is 3.30. The van der Waals surface area contributed by atoms with E-state index in [1.165, 1.54) is 5.69 Å². The third-order valence-electron chi connectivity index (χ3n) is 3.95. The topological polar surface area (TPSA) is 48.3 Å². The lowest BCUT2D eigenvalue weighted by Gasteiger charge is -2.24. The summed E-state index contributed by atoms with van der Waals surface area (Å²) in [7, 11) is 0. The van der Waals surface area contributed by atoms with Crippen LogP contribution >= 0.6 is 0 Å². The summed E-state index contributed by atoms with van der Waals surface area (Å²) in [6.07, 6.45) is 4.15. The Balaban J connectivity index is 1.73. The highest BCUT2D eigenvalue weighted by atomic mass is 16.5. The molecule has 2 aliphatic rings. The number of ether oxygens (including phenoxy) is 2. The minimum Gasteiger partial charge on any atom is -0.380 e. The molecule has 0 amide bonds. The van der Waals surface area contributed by atoms with Crippen molar-refractivity contribution >= 4 is 0 Å². The molecule has 2 aliphatic heterocycles. The molecule has 2 fully saturated rings. The van der Waals surface area contributed by atoms with E-state index in [1.54, 1.807) is 0 Å². The molecule has 19 heavy (non-hydrogen) atoms. The second kappa shape index (κ2) is 5.61. The van der Waals surface area contributed by atoms with Crippen LogP contribution in [0, 0.1) is 0 Å². The molecule has 0 bridgehead atoms. The molecular weight excluding hydrogens is 242 g/mol. The van der Waals surface area contributed by atoms with Crippen molar-refractivity contribution in [3.05, 3.63) is 18.0 Å². The molecule has 0 radical (unpaired) electrons. The zero-order valence-corrected chi connectivity index (χ0v) is 11.7. The van der Waals surface area contributed by atoms with Crippen LogP contribution in [0.2, 0.25) is 0 Å². The van der Waals surface area contributed by atoms with Crippen molar-refractivity contribution in [1.29, 1.82) is 0 Å². The van der Waals surface area contributed by atoms with Crippen LogP contribution in [0.25, 0.3) is 0 Å². The molecule has 3 heterocycles. The molecule has 0 aliphatic carbocycles. The van der Waals surface area contributed by atoms with Crippen molar-refractivity contribution in [2.75, 3.05) is 19.8 Å². The van der Waals surface area contributed by atoms with E-state index in [2.05, 4.69) is 35.0 Å². The van der Waals surface area contributed by atoms with Crippen molar-refractivity contribution in [3.8, 4) is 0 Å². The lowest BCUT2D eigenvalue weighted by atomic mass is 10.1. The minimum atomic E-state index is 0.116. The Hall–Kier alpha value is -0.910. The summed E-state index contributed by atoms with van der Waals surface area (Å²) in [5.41, 5.74) is 1.18. The first kappa shape index (κ1) is 13.1. The molecular formula is C14H23N3O2. The van der Waals surface area contributed by atoms with Crippen LogP contribution in [0.5, 0.6) is 0 Å². The maximum absolute atomic E-state index is 5.95. The van der Waals surface area contributed by atoms with Crippen LogP contribution in [0.4, 0.5) is 0 Å². The molecule has 0 saturated carbocycles. The van der Waals surface area contributed by atoms with Crippen molar-refractivity contribution < 1.29 is 9.47 Å². The molecule has 3 atom stereocenters. The highest BCUT2D eigenvalue weighted by Crippen LogP contribution is 2.31. The fourth-order valence-corrected chi connectivity index (χ4v) is 3.00. The predicted molar refractivity (Wildman–Crippen MR) is 72.1 cm³/mol. The molecule has 2 saturated heterocycles. The third-order valence-corrected chi connectivity index (χ3v) is 3.95. The third kappa shape index (κ3) is 2.68. The molecule has 1 N–H and O–H groups in total. The lowest BCUT2D eigenvalue weighted by molar-refractivity contribution is 0.0869. The van der Waals surface area contributed by atoms with Gasteiger partial charge in [-0.2, -0.15) is 5.10 Å². The first-order valence-electron chi connectivity index (χ1n) is 7.24. The molecule has 5 nitrogen and oxygen atoms in total. The molecule has 0 spiro atoms. The van der Waals surface area contributed by atoms with E-state index in [4.69, 9.17) is 9.47 Å². The highest BCUT2D eigenvalue weighted by Gasteiger charge is 2.34. The Morgan fingerprint density at radius 1 is 1.37 bits per heavy atom. The predicted octanol–water partition coefficient (Wildman–Crippen LogP) is 1.67. The fraction of sp³-hybridized carbons (Fsp3) is 0.786. The summed E-state index contributed by atoms with van der Waals surface area (Å²) in [4.78, 5) is 0. The molecule has 1 aromatic rings. The van der Waals surface area contributed by atoms with E-state index in [-0.39, 0.29) is 6.10 Å². The molecule has 1 aromatic heterocycles. The Bertz CT molecular complexity index is 413. The second-order valence-corrected chi connectivity index (χ2v) is 5.71. The number of aromatic nitrogens is 2. The van der Waals surface area contributed by atoms with Crippen LogP contribution in [-0.2, 0) is 9.47 Å². The second-order valence-electron chi connectivity index (χ2n) is 5.71. The molecule has 5 heteroatoms. The van der Waals surface area contributed by atoms with E-state index in [0.717, 1.165) is 32.7 Å². The van der Waals surface area contributed by atoms with Gasteiger partial charge >= 0.3 is 0 Å². The van der Waals surface area contributed by atoms with Gasteiger partial charge in [-0.05, 0) is 32.8 Å². The summed E-state index contributed by atoms with van der Waals surface area (Å²) in [6.45, 7) is 6.82. The number of nitrogens with zero attached hydrogens (tertiary/aromatic N) is 2. The average molecular weight is 265 g/mol. The van der Waals surface area contributed by atoms with Crippen molar-refractivity contribution in [3.63, 3.8) is 0 Å². The Morgan fingerprint density at radius 3 is 3.00 bits per heavy atom. The Morgan fingerprint density at radius 2 is 2.26 bits per heavy atom. The van der Waals surface area contributed by atoms with Gasteiger partial charge in [-0.15, -0.1) is 0 Å². The Labute approximate surface area is 114 Å². The van der Waals surface area contributed by atoms with Gasteiger partial charge in [-0.25, -0.2) is 0 Å². The van der Waals surface area contributed by atoms with Gasteiger partial charge in [-0.1, -0.05) is 0 Å². The normalized spacial score (nSPS) is 31.4. The summed E-state index contributed by atoms with van der Waals surface area (Å²) in [5, 5.41) is 8.10. The molecule has 1 unspecified atom stereocenters. The van der Waals surface area contributed by atoms with Crippen molar-refractivity contribution in [2.45, 2.75) is 50.9 Å². The van der Waals surface area contributed by atoms with Crippen LogP contribution < -0.4 is 5.32 Å². The van der Waals surface area contributed by atoms with E-state index < -0.39 is 0 Å². The van der Waals surface area contributed by atoms with E-state index in [0.29, 0.717) is 18.1 Å². The fourth-order valence-electron chi connectivity index (χ4n) is 3.00. The average Bonchev–Trinajstić information content (AvgIpc) is 3.08. The monoisotopic (exact) mass is 265 g/mol.